The van der Waals surface area contributed by atoms with Gasteiger partial charge in [-0.05, 0) is 24.8 Å². The summed E-state index contributed by atoms with van der Waals surface area (Å²) in [4.78, 5) is 23.8. The second kappa shape index (κ2) is 9.14. The molecule has 146 valence electrons. The van der Waals surface area contributed by atoms with E-state index in [-0.39, 0.29) is 23.9 Å². The van der Waals surface area contributed by atoms with Crippen LogP contribution in [0.5, 0.6) is 0 Å². The van der Waals surface area contributed by atoms with Gasteiger partial charge in [-0.2, -0.15) is 0 Å². The van der Waals surface area contributed by atoms with Crippen molar-refractivity contribution in [2.75, 3.05) is 13.7 Å². The molecular weight excluding hydrogens is 368 g/mol. The van der Waals surface area contributed by atoms with Gasteiger partial charge in [0.2, 0.25) is 0 Å². The van der Waals surface area contributed by atoms with Gasteiger partial charge in [0.1, 0.15) is 23.6 Å². The highest BCUT2D eigenvalue weighted by molar-refractivity contribution is 7.83. The lowest BCUT2D eigenvalue weighted by Crippen LogP contribution is -2.42. The van der Waals surface area contributed by atoms with E-state index in [0.29, 0.717) is 19.4 Å². The van der Waals surface area contributed by atoms with Gasteiger partial charge in [0.15, 0.2) is 0 Å². The Morgan fingerprint density at radius 2 is 2.04 bits per heavy atom. The van der Waals surface area contributed by atoms with Crippen LogP contribution in [0.3, 0.4) is 0 Å². The van der Waals surface area contributed by atoms with Crippen LogP contribution in [0.15, 0.2) is 42.5 Å². The van der Waals surface area contributed by atoms with Crippen LogP contribution in [-0.2, 0) is 31.9 Å². The minimum absolute atomic E-state index is 0.201. The first-order chi connectivity index (χ1) is 13.1. The average molecular weight is 392 g/mol. The van der Waals surface area contributed by atoms with Gasteiger partial charge in [-0.25, -0.2) is 13.3 Å². The molecule has 1 amide bonds. The van der Waals surface area contributed by atoms with Crippen LogP contribution in [-0.4, -0.2) is 51.6 Å². The van der Waals surface area contributed by atoms with E-state index in [9.17, 15) is 13.8 Å². The molecule has 3 rings (SSSR count). The molecule has 0 spiro atoms. The highest BCUT2D eigenvalue weighted by Crippen LogP contribution is 2.26. The van der Waals surface area contributed by atoms with Crippen LogP contribution < -0.4 is 5.32 Å². The minimum Gasteiger partial charge on any atom is -0.468 e. The Labute approximate surface area is 161 Å². The van der Waals surface area contributed by atoms with Gasteiger partial charge in [-0.3, -0.25) is 4.79 Å². The van der Waals surface area contributed by atoms with Gasteiger partial charge in [-0.1, -0.05) is 42.5 Å². The van der Waals surface area contributed by atoms with E-state index in [0.717, 1.165) is 12.0 Å². The van der Waals surface area contributed by atoms with Gasteiger partial charge in [0.25, 0.3) is 0 Å². The highest BCUT2D eigenvalue weighted by atomic mass is 32.2. The lowest BCUT2D eigenvalue weighted by atomic mass is 10.2. The quantitative estimate of drug-likeness (QED) is 0.591. The van der Waals surface area contributed by atoms with Crippen LogP contribution in [0.2, 0.25) is 0 Å². The molecular formula is C19H24N2O5S. The summed E-state index contributed by atoms with van der Waals surface area (Å²) in [6.45, 7) is 0.807. The van der Waals surface area contributed by atoms with Crippen molar-refractivity contribution in [3.63, 3.8) is 0 Å². The molecule has 3 unspecified atom stereocenters. The van der Waals surface area contributed by atoms with Crippen molar-refractivity contribution >= 4 is 23.0 Å². The number of methoxy groups -OCH3 is 1. The fourth-order valence-corrected chi connectivity index (χ4v) is 5.04. The normalized spacial score (nSPS) is 25.9. The lowest BCUT2D eigenvalue weighted by molar-refractivity contribution is -0.144. The molecule has 1 aromatic carbocycles. The largest absolute Gasteiger partial charge is 0.468 e. The highest BCUT2D eigenvalue weighted by Gasteiger charge is 2.38. The number of ether oxygens (including phenoxy) is 2. The molecule has 1 aromatic rings. The molecule has 1 fully saturated rings. The Kier molecular flexibility index (Phi) is 6.63. The van der Waals surface area contributed by atoms with Crippen molar-refractivity contribution in [2.45, 2.75) is 43.2 Å². The molecule has 1 aliphatic heterocycles. The maximum absolute atomic E-state index is 12.9. The third kappa shape index (κ3) is 4.95. The summed E-state index contributed by atoms with van der Waals surface area (Å²) in [7, 11) is 0.00715. The molecule has 0 aromatic heterocycles. The monoisotopic (exact) mass is 392 g/mol. The predicted molar refractivity (Wildman–Crippen MR) is 101 cm³/mol. The number of hydrogen-bond acceptors (Lipinski definition) is 5. The molecule has 0 radical (unpaired) electrons. The minimum atomic E-state index is -1.34. The smallest absolute Gasteiger partial charge is 0.407 e. The number of rotatable bonds is 6. The first kappa shape index (κ1) is 19.6. The maximum atomic E-state index is 12.9. The molecule has 1 aliphatic carbocycles. The predicted octanol–water partition coefficient (Wildman–Crippen LogP) is 1.91. The third-order valence-electron chi connectivity index (χ3n) is 4.73. The topological polar surface area (TPSA) is 84.9 Å². The first-order valence-electron chi connectivity index (χ1n) is 8.99. The second-order valence-corrected chi connectivity index (χ2v) is 8.20. The van der Waals surface area contributed by atoms with Gasteiger partial charge < -0.3 is 14.8 Å². The van der Waals surface area contributed by atoms with E-state index in [1.807, 2.05) is 42.5 Å². The van der Waals surface area contributed by atoms with E-state index >= 15 is 0 Å². The number of esters is 1. The van der Waals surface area contributed by atoms with Crippen molar-refractivity contribution in [1.29, 1.82) is 0 Å². The summed E-state index contributed by atoms with van der Waals surface area (Å²) in [6, 6.07) is 8.75. The number of nitrogens with one attached hydrogen (secondary N) is 1. The summed E-state index contributed by atoms with van der Waals surface area (Å²) in [6.07, 6.45) is 5.14. The summed E-state index contributed by atoms with van der Waals surface area (Å²) < 4.78 is 24.6. The molecule has 7 nitrogen and oxygen atoms in total. The molecule has 1 saturated heterocycles. The summed E-state index contributed by atoms with van der Waals surface area (Å²) in [5.41, 5.74) is 0.913. The molecule has 27 heavy (non-hydrogen) atoms. The third-order valence-corrected chi connectivity index (χ3v) is 6.49. The van der Waals surface area contributed by atoms with E-state index in [2.05, 4.69) is 5.32 Å². The van der Waals surface area contributed by atoms with E-state index in [1.54, 1.807) is 4.31 Å². The van der Waals surface area contributed by atoms with Crippen molar-refractivity contribution in [3.05, 3.63) is 48.0 Å². The van der Waals surface area contributed by atoms with Crippen molar-refractivity contribution in [2.24, 2.45) is 0 Å². The number of hydrogen-bond donors (Lipinski definition) is 1. The van der Waals surface area contributed by atoms with Crippen LogP contribution in [0.4, 0.5) is 4.79 Å². The maximum Gasteiger partial charge on any atom is 0.407 e. The Morgan fingerprint density at radius 1 is 1.26 bits per heavy atom. The fraction of sp³-hybridized carbons (Fsp3) is 0.474. The summed E-state index contributed by atoms with van der Waals surface area (Å²) in [5.74, 6) is -0.345. The number of amides is 1. The molecule has 1 heterocycles. The molecule has 8 heteroatoms. The Morgan fingerprint density at radius 3 is 2.78 bits per heavy atom. The van der Waals surface area contributed by atoms with Crippen LogP contribution in [0, 0.1) is 0 Å². The van der Waals surface area contributed by atoms with Gasteiger partial charge >= 0.3 is 12.1 Å². The van der Waals surface area contributed by atoms with Gasteiger partial charge in [0, 0.05) is 6.54 Å². The molecule has 1 N–H and O–H groups in total. The number of nitrogens with zero attached hydrogens (tertiary/aromatic N) is 1. The Bertz CT molecular complexity index is 724. The fourth-order valence-electron chi connectivity index (χ4n) is 3.34. The van der Waals surface area contributed by atoms with Crippen molar-refractivity contribution in [3.8, 4) is 0 Å². The summed E-state index contributed by atoms with van der Waals surface area (Å²) in [5, 5.41) is 2.54. The molecule has 2 aliphatic rings. The standard InChI is InChI=1S/C19H24N2O5S/c1-25-18(22)17-8-5-11-21(17)27(24)16-10-9-15(12-16)20-19(23)26-13-14-6-3-2-4-7-14/h2-4,6-7,9-10,15-17H,5,8,11-13H2,1H3,(H,20,23)/t15?,16?,17-,27?/m0/s1. The van der Waals surface area contributed by atoms with Crippen LogP contribution in [0.1, 0.15) is 24.8 Å². The SMILES string of the molecule is COC(=O)[C@@H]1CCCN1S(=O)C1C=CC(NC(=O)OCc2ccccc2)C1. The zero-order chi connectivity index (χ0) is 19.2. The molecule has 0 bridgehead atoms. The van der Waals surface area contributed by atoms with E-state index in [1.165, 1.54) is 7.11 Å². The van der Waals surface area contributed by atoms with Crippen molar-refractivity contribution < 1.29 is 23.3 Å². The van der Waals surface area contributed by atoms with Gasteiger partial charge in [0.05, 0.1) is 18.4 Å². The van der Waals surface area contributed by atoms with E-state index < -0.39 is 23.1 Å². The number of carbonyl (C=O) groups is 2. The Balaban J connectivity index is 1.47. The Hall–Kier alpha value is -2.19. The first-order valence-corrected chi connectivity index (χ1v) is 10.2. The molecule has 0 saturated carbocycles. The number of alkyl carbamates (subject to hydrolysis) is 1. The summed E-state index contributed by atoms with van der Waals surface area (Å²) >= 11 is 0. The average Bonchev–Trinajstić information content (AvgIpc) is 3.36. The zero-order valence-electron chi connectivity index (χ0n) is 15.2. The van der Waals surface area contributed by atoms with E-state index in [4.69, 9.17) is 9.47 Å². The number of carbonyl (C=O) groups excluding carboxylic acids is 2. The van der Waals surface area contributed by atoms with Crippen LogP contribution in [0.25, 0.3) is 0 Å². The number of benzene rings is 1. The second-order valence-electron chi connectivity index (χ2n) is 6.57. The van der Waals surface area contributed by atoms with Crippen LogP contribution >= 0.6 is 0 Å². The van der Waals surface area contributed by atoms with Crippen molar-refractivity contribution in [1.82, 2.24) is 9.62 Å². The zero-order valence-corrected chi connectivity index (χ0v) is 16.0. The lowest BCUT2D eigenvalue weighted by Gasteiger charge is -2.24. The molecule has 4 atom stereocenters. The van der Waals surface area contributed by atoms with Gasteiger partial charge in [-0.15, -0.1) is 0 Å².